The van der Waals surface area contributed by atoms with Crippen molar-refractivity contribution in [3.05, 3.63) is 29.8 Å². The molecule has 6 heteroatoms. The molecule has 0 amide bonds. The van der Waals surface area contributed by atoms with Crippen molar-refractivity contribution in [2.45, 2.75) is 44.6 Å². The van der Waals surface area contributed by atoms with Gasteiger partial charge in [0.2, 0.25) is 0 Å². The number of hydrogen-bond donors (Lipinski definition) is 2. The first kappa shape index (κ1) is 21.3. The van der Waals surface area contributed by atoms with Gasteiger partial charge in [0.1, 0.15) is 5.75 Å². The van der Waals surface area contributed by atoms with E-state index in [0.29, 0.717) is 12.5 Å². The minimum Gasteiger partial charge on any atom is -0.496 e. The van der Waals surface area contributed by atoms with Crippen LogP contribution in [0.15, 0.2) is 29.3 Å². The zero-order valence-electron chi connectivity index (χ0n) is 15.8. The lowest BCUT2D eigenvalue weighted by molar-refractivity contribution is 0.165. The third-order valence-electron chi connectivity index (χ3n) is 5.56. The molecule has 1 aromatic rings. The number of piperidine rings is 1. The van der Waals surface area contributed by atoms with Crippen molar-refractivity contribution in [3.63, 3.8) is 0 Å². The van der Waals surface area contributed by atoms with Gasteiger partial charge < -0.3 is 15.8 Å². The predicted molar refractivity (Wildman–Crippen MR) is 118 cm³/mol. The van der Waals surface area contributed by atoms with Gasteiger partial charge >= 0.3 is 0 Å². The molecule has 3 rings (SSSR count). The number of likely N-dealkylation sites (tertiary alicyclic amines) is 1. The van der Waals surface area contributed by atoms with Crippen LogP contribution in [-0.4, -0.2) is 44.1 Å². The van der Waals surface area contributed by atoms with Gasteiger partial charge in [-0.25, -0.2) is 0 Å². The number of nitrogens with two attached hydrogens (primary N) is 1. The summed E-state index contributed by atoms with van der Waals surface area (Å²) < 4.78 is 5.60. The number of nitrogens with zero attached hydrogens (tertiary/aromatic N) is 2. The Balaban J connectivity index is 0.00000243. The molecular weight excluding hydrogens is 439 g/mol. The van der Waals surface area contributed by atoms with Crippen LogP contribution in [0, 0.1) is 5.92 Å². The summed E-state index contributed by atoms with van der Waals surface area (Å²) in [5.41, 5.74) is 7.33. The Bertz CT molecular complexity index is 571. The largest absolute Gasteiger partial charge is 0.496 e. The van der Waals surface area contributed by atoms with Crippen LogP contribution in [0.1, 0.15) is 50.1 Å². The number of halogens is 1. The molecule has 1 saturated heterocycles. The highest BCUT2D eigenvalue weighted by Crippen LogP contribution is 2.31. The zero-order valence-corrected chi connectivity index (χ0v) is 18.2. The predicted octanol–water partition coefficient (Wildman–Crippen LogP) is 3.54. The van der Waals surface area contributed by atoms with Crippen molar-refractivity contribution in [2.24, 2.45) is 16.6 Å². The minimum absolute atomic E-state index is 0. The van der Waals surface area contributed by atoms with Crippen LogP contribution < -0.4 is 15.8 Å². The van der Waals surface area contributed by atoms with Crippen molar-refractivity contribution in [1.29, 1.82) is 0 Å². The monoisotopic (exact) mass is 472 g/mol. The van der Waals surface area contributed by atoms with E-state index in [2.05, 4.69) is 27.3 Å². The first-order chi connectivity index (χ1) is 12.3. The second-order valence-corrected chi connectivity index (χ2v) is 7.26. The van der Waals surface area contributed by atoms with E-state index < -0.39 is 0 Å². The van der Waals surface area contributed by atoms with Crippen molar-refractivity contribution in [2.75, 3.05) is 33.3 Å². The molecule has 1 atom stereocenters. The van der Waals surface area contributed by atoms with Gasteiger partial charge in [0, 0.05) is 12.1 Å². The minimum atomic E-state index is 0. The molecule has 1 heterocycles. The number of hydrogen-bond acceptors (Lipinski definition) is 3. The Morgan fingerprint density at radius 2 is 1.96 bits per heavy atom. The summed E-state index contributed by atoms with van der Waals surface area (Å²) in [6.07, 6.45) is 7.82. The highest BCUT2D eigenvalue weighted by Gasteiger charge is 2.24. The number of guanidine groups is 1. The lowest BCUT2D eigenvalue weighted by Gasteiger charge is -2.34. The van der Waals surface area contributed by atoms with Crippen LogP contribution in [0.2, 0.25) is 0 Å². The SMILES string of the molecule is COc1ccccc1C(CN=C(N)NCC1CCC1)N1CCCCC1.I. The second-order valence-electron chi connectivity index (χ2n) is 7.26. The van der Waals surface area contributed by atoms with Gasteiger partial charge in [-0.15, -0.1) is 24.0 Å². The van der Waals surface area contributed by atoms with E-state index in [1.54, 1.807) is 7.11 Å². The third-order valence-corrected chi connectivity index (χ3v) is 5.56. The molecule has 0 aromatic heterocycles. The first-order valence-corrected chi connectivity index (χ1v) is 9.68. The van der Waals surface area contributed by atoms with Crippen molar-refractivity contribution in [1.82, 2.24) is 10.2 Å². The van der Waals surface area contributed by atoms with Gasteiger partial charge in [-0.3, -0.25) is 9.89 Å². The molecule has 0 bridgehead atoms. The molecule has 146 valence electrons. The lowest BCUT2D eigenvalue weighted by Crippen LogP contribution is -2.39. The number of methoxy groups -OCH3 is 1. The summed E-state index contributed by atoms with van der Waals surface area (Å²) in [5.74, 6) is 2.29. The summed E-state index contributed by atoms with van der Waals surface area (Å²) in [7, 11) is 1.74. The Kier molecular flexibility index (Phi) is 8.98. The number of nitrogens with one attached hydrogen (secondary N) is 1. The first-order valence-electron chi connectivity index (χ1n) is 9.68. The van der Waals surface area contributed by atoms with E-state index >= 15 is 0 Å². The van der Waals surface area contributed by atoms with Gasteiger partial charge in [-0.1, -0.05) is 31.0 Å². The molecule has 0 radical (unpaired) electrons. The van der Waals surface area contributed by atoms with Crippen LogP contribution >= 0.6 is 24.0 Å². The molecule has 0 spiro atoms. The van der Waals surface area contributed by atoms with Crippen molar-refractivity contribution in [3.8, 4) is 5.75 Å². The maximum Gasteiger partial charge on any atom is 0.188 e. The fourth-order valence-electron chi connectivity index (χ4n) is 3.77. The summed E-state index contributed by atoms with van der Waals surface area (Å²) in [6, 6.07) is 8.52. The van der Waals surface area contributed by atoms with E-state index in [4.69, 9.17) is 10.5 Å². The normalized spacial score (nSPS) is 20.0. The summed E-state index contributed by atoms with van der Waals surface area (Å²) in [6.45, 7) is 3.86. The van der Waals surface area contributed by atoms with Crippen LogP contribution in [0.3, 0.4) is 0 Å². The van der Waals surface area contributed by atoms with E-state index in [9.17, 15) is 0 Å². The van der Waals surface area contributed by atoms with Gasteiger partial charge in [-0.05, 0) is 50.8 Å². The number of benzene rings is 1. The highest BCUT2D eigenvalue weighted by molar-refractivity contribution is 14.0. The van der Waals surface area contributed by atoms with Crippen LogP contribution in [0.5, 0.6) is 5.75 Å². The van der Waals surface area contributed by atoms with E-state index in [0.717, 1.165) is 31.3 Å². The average Bonchev–Trinajstić information content (AvgIpc) is 2.62. The molecule has 3 N–H and O–H groups in total. The van der Waals surface area contributed by atoms with Crippen LogP contribution in [-0.2, 0) is 0 Å². The van der Waals surface area contributed by atoms with Crippen molar-refractivity contribution >= 4 is 29.9 Å². The fraction of sp³-hybridized carbons (Fsp3) is 0.650. The molecular formula is C20H33IN4O. The molecule has 5 nitrogen and oxygen atoms in total. The van der Waals surface area contributed by atoms with Crippen LogP contribution in [0.4, 0.5) is 0 Å². The average molecular weight is 472 g/mol. The smallest absolute Gasteiger partial charge is 0.188 e. The van der Waals surface area contributed by atoms with Gasteiger partial charge in [0.15, 0.2) is 5.96 Å². The molecule has 1 saturated carbocycles. The Hall–Kier alpha value is -1.02. The Labute approximate surface area is 174 Å². The number of para-hydroxylation sites is 1. The van der Waals surface area contributed by atoms with Gasteiger partial charge in [0.25, 0.3) is 0 Å². The molecule has 2 fully saturated rings. The maximum absolute atomic E-state index is 6.12. The quantitative estimate of drug-likeness (QED) is 0.362. The molecule has 2 aliphatic rings. The molecule has 1 aliphatic heterocycles. The topological polar surface area (TPSA) is 62.9 Å². The Morgan fingerprint density at radius 3 is 2.62 bits per heavy atom. The molecule has 26 heavy (non-hydrogen) atoms. The van der Waals surface area contributed by atoms with E-state index in [1.807, 2.05) is 12.1 Å². The number of rotatable bonds is 7. The van der Waals surface area contributed by atoms with Gasteiger partial charge in [-0.2, -0.15) is 0 Å². The van der Waals surface area contributed by atoms with E-state index in [1.165, 1.54) is 44.1 Å². The zero-order chi connectivity index (χ0) is 17.5. The molecule has 1 unspecified atom stereocenters. The fourth-order valence-corrected chi connectivity index (χ4v) is 3.77. The third kappa shape index (κ3) is 5.74. The second kappa shape index (κ2) is 11.0. The van der Waals surface area contributed by atoms with Gasteiger partial charge in [0.05, 0.1) is 19.7 Å². The molecule has 1 aromatic carbocycles. The number of aliphatic imine (C=N–C) groups is 1. The van der Waals surface area contributed by atoms with E-state index in [-0.39, 0.29) is 30.0 Å². The molecule has 1 aliphatic carbocycles. The highest BCUT2D eigenvalue weighted by atomic mass is 127. The summed E-state index contributed by atoms with van der Waals surface area (Å²) in [5, 5.41) is 3.30. The van der Waals surface area contributed by atoms with Crippen molar-refractivity contribution < 1.29 is 4.74 Å². The maximum atomic E-state index is 6.12. The Morgan fingerprint density at radius 1 is 1.23 bits per heavy atom. The summed E-state index contributed by atoms with van der Waals surface area (Å²) in [4.78, 5) is 7.20. The summed E-state index contributed by atoms with van der Waals surface area (Å²) >= 11 is 0. The number of ether oxygens (including phenoxy) is 1. The lowest BCUT2D eigenvalue weighted by atomic mass is 9.85. The standard InChI is InChI=1S/C20H32N4O.HI/c1-25-19-11-4-3-10-17(19)18(24-12-5-2-6-13-24)15-23-20(21)22-14-16-8-7-9-16;/h3-4,10-11,16,18H,2,5-9,12-15H2,1H3,(H3,21,22,23);1H. The van der Waals surface area contributed by atoms with Crippen LogP contribution in [0.25, 0.3) is 0 Å².